The molecule has 0 radical (unpaired) electrons. The van der Waals surface area contributed by atoms with Crippen LogP contribution in [0.4, 0.5) is 5.69 Å². The fourth-order valence-electron chi connectivity index (χ4n) is 2.13. The molecule has 3 rings (SSSR count). The Balaban J connectivity index is 1.76. The number of H-pyrrole nitrogens is 1. The Labute approximate surface area is 121 Å². The lowest BCUT2D eigenvalue weighted by molar-refractivity contribution is 0.0956. The molecule has 5 nitrogen and oxygen atoms in total. The van der Waals surface area contributed by atoms with E-state index in [-0.39, 0.29) is 5.91 Å². The van der Waals surface area contributed by atoms with Gasteiger partial charge >= 0.3 is 0 Å². The van der Waals surface area contributed by atoms with Crippen LogP contribution in [0.5, 0.6) is 0 Å². The van der Waals surface area contributed by atoms with Crippen molar-refractivity contribution >= 4 is 28.7 Å². The summed E-state index contributed by atoms with van der Waals surface area (Å²) in [5.41, 5.74) is 11.0. The fraction of sp³-hybridized carbons (Fsp3) is 0. The number of carbonyl (C=O) groups is 1. The third-order valence-corrected chi connectivity index (χ3v) is 3.20. The summed E-state index contributed by atoms with van der Waals surface area (Å²) in [6.45, 7) is 0. The molecule has 3 aromatic rings. The molecule has 4 N–H and O–H groups in total. The second-order valence-electron chi connectivity index (χ2n) is 4.58. The van der Waals surface area contributed by atoms with Gasteiger partial charge in [0.1, 0.15) is 0 Å². The molecule has 0 unspecified atom stereocenters. The van der Waals surface area contributed by atoms with E-state index >= 15 is 0 Å². The highest BCUT2D eigenvalue weighted by atomic mass is 16.2. The van der Waals surface area contributed by atoms with Gasteiger partial charge in [-0.3, -0.25) is 4.79 Å². The van der Waals surface area contributed by atoms with Gasteiger partial charge in [0.25, 0.3) is 5.91 Å². The van der Waals surface area contributed by atoms with E-state index in [1.54, 1.807) is 30.5 Å². The number of nitrogens with two attached hydrogens (primary N) is 1. The van der Waals surface area contributed by atoms with Gasteiger partial charge in [-0.15, -0.1) is 0 Å². The van der Waals surface area contributed by atoms with Gasteiger partial charge in [-0.25, -0.2) is 5.43 Å². The molecule has 5 heteroatoms. The van der Waals surface area contributed by atoms with Crippen LogP contribution in [0.3, 0.4) is 0 Å². The third-order valence-electron chi connectivity index (χ3n) is 3.20. The van der Waals surface area contributed by atoms with Crippen molar-refractivity contribution in [2.24, 2.45) is 5.10 Å². The minimum absolute atomic E-state index is 0.329. The third kappa shape index (κ3) is 2.62. The Morgan fingerprint density at radius 1 is 1.14 bits per heavy atom. The number of rotatable bonds is 3. The smallest absolute Gasteiger partial charge is 0.273 e. The van der Waals surface area contributed by atoms with E-state index < -0.39 is 0 Å². The molecular weight excluding hydrogens is 264 g/mol. The van der Waals surface area contributed by atoms with Crippen molar-refractivity contribution in [3.8, 4) is 0 Å². The molecule has 1 heterocycles. The molecule has 0 atom stereocenters. The number of para-hydroxylation sites is 2. The SMILES string of the molecule is Nc1ccccc1C(=O)NN=Cc1c[nH]c2ccccc12. The maximum atomic E-state index is 11.9. The summed E-state index contributed by atoms with van der Waals surface area (Å²) in [4.78, 5) is 15.1. The topological polar surface area (TPSA) is 83.3 Å². The lowest BCUT2D eigenvalue weighted by Crippen LogP contribution is -2.18. The minimum atomic E-state index is -0.329. The number of hydrogen-bond donors (Lipinski definition) is 3. The average molecular weight is 278 g/mol. The summed E-state index contributed by atoms with van der Waals surface area (Å²) in [6.07, 6.45) is 3.45. The molecular formula is C16H14N4O. The molecule has 21 heavy (non-hydrogen) atoms. The van der Waals surface area contributed by atoms with E-state index in [9.17, 15) is 4.79 Å². The largest absolute Gasteiger partial charge is 0.398 e. The van der Waals surface area contributed by atoms with Crippen molar-refractivity contribution < 1.29 is 4.79 Å². The van der Waals surface area contributed by atoms with Gasteiger partial charge in [-0.2, -0.15) is 5.10 Å². The average Bonchev–Trinajstić information content (AvgIpc) is 2.91. The van der Waals surface area contributed by atoms with Crippen LogP contribution in [0, 0.1) is 0 Å². The standard InChI is InChI=1S/C16H14N4O/c17-14-7-3-1-6-13(14)16(21)20-19-10-11-9-18-15-8-4-2-5-12(11)15/h1-10,18H,17H2,(H,20,21). The maximum Gasteiger partial charge on any atom is 0.273 e. The lowest BCUT2D eigenvalue weighted by atomic mass is 10.2. The molecule has 2 aromatic carbocycles. The number of nitrogen functional groups attached to an aromatic ring is 1. The van der Waals surface area contributed by atoms with Gasteiger partial charge in [0.05, 0.1) is 11.8 Å². The van der Waals surface area contributed by atoms with Crippen LogP contribution in [0.2, 0.25) is 0 Å². The first-order valence-electron chi connectivity index (χ1n) is 6.50. The zero-order valence-electron chi connectivity index (χ0n) is 11.2. The van der Waals surface area contributed by atoms with Gasteiger partial charge in [0.15, 0.2) is 0 Å². The Kier molecular flexibility index (Phi) is 3.39. The van der Waals surface area contributed by atoms with Gasteiger partial charge < -0.3 is 10.7 Å². The normalized spacial score (nSPS) is 11.0. The number of nitrogens with one attached hydrogen (secondary N) is 2. The van der Waals surface area contributed by atoms with Gasteiger partial charge in [0, 0.05) is 28.4 Å². The van der Waals surface area contributed by atoms with E-state index in [2.05, 4.69) is 15.5 Å². The van der Waals surface area contributed by atoms with E-state index in [0.717, 1.165) is 16.5 Å². The quantitative estimate of drug-likeness (QED) is 0.391. The summed E-state index contributed by atoms with van der Waals surface area (Å²) in [5, 5.41) is 5.03. The number of carbonyl (C=O) groups excluding carboxylic acids is 1. The summed E-state index contributed by atoms with van der Waals surface area (Å²) in [5.74, 6) is -0.329. The van der Waals surface area contributed by atoms with Crippen LogP contribution in [0.25, 0.3) is 10.9 Å². The number of hydrogen-bond acceptors (Lipinski definition) is 3. The number of aromatic nitrogens is 1. The Morgan fingerprint density at radius 2 is 1.90 bits per heavy atom. The van der Waals surface area contributed by atoms with Gasteiger partial charge in [-0.05, 0) is 18.2 Å². The molecule has 0 fully saturated rings. The van der Waals surface area contributed by atoms with E-state index in [1.165, 1.54) is 0 Å². The number of hydrazone groups is 1. The highest BCUT2D eigenvalue weighted by molar-refractivity contribution is 6.01. The number of anilines is 1. The number of nitrogens with zero attached hydrogens (tertiary/aromatic N) is 1. The second-order valence-corrected chi connectivity index (χ2v) is 4.58. The summed E-state index contributed by atoms with van der Waals surface area (Å²) in [7, 11) is 0. The molecule has 0 spiro atoms. The van der Waals surface area contributed by atoms with Gasteiger partial charge in [-0.1, -0.05) is 30.3 Å². The first-order chi connectivity index (χ1) is 10.3. The molecule has 0 aliphatic carbocycles. The second kappa shape index (κ2) is 5.50. The van der Waals surface area contributed by atoms with E-state index in [4.69, 9.17) is 5.73 Å². The van der Waals surface area contributed by atoms with E-state index in [1.807, 2.05) is 30.5 Å². The summed E-state index contributed by atoms with van der Waals surface area (Å²) >= 11 is 0. The molecule has 1 amide bonds. The van der Waals surface area contributed by atoms with Crippen LogP contribution >= 0.6 is 0 Å². The Hall–Kier alpha value is -3.08. The van der Waals surface area contributed by atoms with Crippen LogP contribution in [-0.4, -0.2) is 17.1 Å². The van der Waals surface area contributed by atoms with Gasteiger partial charge in [0.2, 0.25) is 0 Å². The summed E-state index contributed by atoms with van der Waals surface area (Å²) < 4.78 is 0. The van der Waals surface area contributed by atoms with Crippen molar-refractivity contribution in [3.05, 3.63) is 65.9 Å². The molecule has 0 bridgehead atoms. The lowest BCUT2D eigenvalue weighted by Gasteiger charge is -2.02. The molecule has 0 aliphatic rings. The number of benzene rings is 2. The predicted molar refractivity (Wildman–Crippen MR) is 84.2 cm³/mol. The molecule has 104 valence electrons. The monoisotopic (exact) mass is 278 g/mol. The maximum absolute atomic E-state index is 11.9. The first-order valence-corrected chi connectivity index (χ1v) is 6.50. The summed E-state index contributed by atoms with van der Waals surface area (Å²) in [6, 6.07) is 14.8. The first kappa shape index (κ1) is 12.9. The van der Waals surface area contributed by atoms with Crippen molar-refractivity contribution in [3.63, 3.8) is 0 Å². The number of amides is 1. The zero-order valence-corrected chi connectivity index (χ0v) is 11.2. The highest BCUT2D eigenvalue weighted by Crippen LogP contribution is 2.15. The Morgan fingerprint density at radius 3 is 2.76 bits per heavy atom. The van der Waals surface area contributed by atoms with Crippen LogP contribution in [-0.2, 0) is 0 Å². The highest BCUT2D eigenvalue weighted by Gasteiger charge is 2.07. The van der Waals surface area contributed by atoms with Crippen LogP contribution in [0.1, 0.15) is 15.9 Å². The molecule has 0 aliphatic heterocycles. The van der Waals surface area contributed by atoms with Crippen molar-refractivity contribution in [1.29, 1.82) is 0 Å². The minimum Gasteiger partial charge on any atom is -0.398 e. The number of fused-ring (bicyclic) bond motifs is 1. The van der Waals surface area contributed by atoms with Crippen LogP contribution < -0.4 is 11.2 Å². The van der Waals surface area contributed by atoms with Crippen molar-refractivity contribution in [2.75, 3.05) is 5.73 Å². The fourth-order valence-corrected chi connectivity index (χ4v) is 2.13. The zero-order chi connectivity index (χ0) is 14.7. The Bertz CT molecular complexity index is 820. The van der Waals surface area contributed by atoms with E-state index in [0.29, 0.717) is 11.3 Å². The molecule has 0 saturated heterocycles. The van der Waals surface area contributed by atoms with Crippen molar-refractivity contribution in [2.45, 2.75) is 0 Å². The molecule has 1 aromatic heterocycles. The number of aromatic amines is 1. The molecule has 0 saturated carbocycles. The predicted octanol–water partition coefficient (Wildman–Crippen LogP) is 2.51. The van der Waals surface area contributed by atoms with Crippen molar-refractivity contribution in [1.82, 2.24) is 10.4 Å². The van der Waals surface area contributed by atoms with Crippen LogP contribution in [0.15, 0.2) is 59.8 Å².